The molecule has 0 aliphatic heterocycles. The molecule has 86 valence electrons. The van der Waals surface area contributed by atoms with E-state index in [0.717, 1.165) is 0 Å². The number of benzene rings is 1. The summed E-state index contributed by atoms with van der Waals surface area (Å²) in [6.45, 7) is 0. The molecule has 0 aliphatic rings. The fourth-order valence-electron chi connectivity index (χ4n) is 0.671. The van der Waals surface area contributed by atoms with Gasteiger partial charge in [0, 0.05) is 12.1 Å². The molecule has 0 aromatic heterocycles. The minimum atomic E-state index is -4.92. The minimum absolute atomic E-state index is 0.178. The highest BCUT2D eigenvalue weighted by molar-refractivity contribution is 7.79. The second-order valence-corrected chi connectivity index (χ2v) is 3.24. The number of rotatable bonds is 1. The van der Waals surface area contributed by atoms with E-state index in [9.17, 15) is 4.79 Å². The Labute approximate surface area is 90.4 Å². The van der Waals surface area contributed by atoms with Crippen LogP contribution < -0.4 is 0 Å². The van der Waals surface area contributed by atoms with Crippen LogP contribution in [0.1, 0.15) is 10.4 Å². The van der Waals surface area contributed by atoms with Crippen molar-refractivity contribution in [2.45, 2.75) is 0 Å². The molecule has 0 saturated heterocycles. The Morgan fingerprint density at radius 1 is 1.31 bits per heavy atom. The molecule has 0 atom stereocenters. The lowest BCUT2D eigenvalue weighted by molar-refractivity contribution is 0.0697. The van der Waals surface area contributed by atoms with Gasteiger partial charge in [0.2, 0.25) is 15.8 Å². The van der Waals surface area contributed by atoms with E-state index in [1.54, 1.807) is 0 Å². The van der Waals surface area contributed by atoms with Gasteiger partial charge in [0.1, 0.15) is 0 Å². The lowest BCUT2D eigenvalue weighted by Crippen LogP contribution is -1.93. The van der Waals surface area contributed by atoms with E-state index >= 15 is 0 Å². The summed E-state index contributed by atoms with van der Waals surface area (Å²) in [5.74, 6) is -0.991. The molecule has 0 radical (unpaired) electrons. The van der Waals surface area contributed by atoms with Crippen molar-refractivity contribution < 1.29 is 27.4 Å². The number of hydrogen-bond acceptors (Lipinski definition) is 5. The summed E-state index contributed by atoms with van der Waals surface area (Å²) in [6, 6.07) is 5.58. The monoisotopic (exact) mass is 246 g/mol. The van der Waals surface area contributed by atoms with Gasteiger partial charge in [0.05, 0.1) is 5.56 Å². The average molecular weight is 246 g/mol. The smallest absolute Gasteiger partial charge is 0.385 e. The van der Waals surface area contributed by atoms with E-state index in [0.29, 0.717) is 5.69 Å². The Bertz CT molecular complexity index is 493. The molecule has 9 heteroatoms. The maximum Gasteiger partial charge on any atom is 0.385 e. The van der Waals surface area contributed by atoms with Gasteiger partial charge in [-0.2, -0.15) is 0 Å². The van der Waals surface area contributed by atoms with E-state index < -0.39 is 16.4 Å². The fourth-order valence-corrected chi connectivity index (χ4v) is 0.671. The fraction of sp³-hybridized carbons (Fsp3) is 0. The highest BCUT2D eigenvalue weighted by atomic mass is 32.3. The van der Waals surface area contributed by atoms with Gasteiger partial charge >= 0.3 is 11.7 Å². The van der Waals surface area contributed by atoms with E-state index in [1.165, 1.54) is 24.3 Å². The van der Waals surface area contributed by atoms with E-state index in [-0.39, 0.29) is 5.56 Å². The Balaban J connectivity index is 0.000000385. The predicted molar refractivity (Wildman–Crippen MR) is 50.5 cm³/mol. The molecule has 2 N–H and O–H groups in total. The first kappa shape index (κ1) is 14.0. The highest BCUT2D eigenvalue weighted by Crippen LogP contribution is 2.11. The van der Waals surface area contributed by atoms with E-state index in [4.69, 9.17) is 28.0 Å². The highest BCUT2D eigenvalue weighted by Gasteiger charge is 2.06. The van der Waals surface area contributed by atoms with Gasteiger partial charge < -0.3 is 9.66 Å². The third-order valence-corrected chi connectivity index (χ3v) is 1.23. The maximum atomic E-state index is 10.3. The largest absolute Gasteiger partial charge is 0.726 e. The molecule has 1 aromatic carbocycles. The Kier molecular flexibility index (Phi) is 5.03. The van der Waals surface area contributed by atoms with Gasteiger partial charge in [0.25, 0.3) is 0 Å². The van der Waals surface area contributed by atoms with Crippen molar-refractivity contribution in [3.63, 3.8) is 0 Å². The first-order chi connectivity index (χ1) is 7.24. The second kappa shape index (κ2) is 5.76. The van der Waals surface area contributed by atoms with Crippen LogP contribution in [-0.2, 0) is 10.4 Å². The summed E-state index contributed by atoms with van der Waals surface area (Å²) < 4.78 is 32.8. The summed E-state index contributed by atoms with van der Waals surface area (Å²) in [7, 11) is -4.92. The van der Waals surface area contributed by atoms with Crippen molar-refractivity contribution in [1.29, 1.82) is 5.39 Å². The van der Waals surface area contributed by atoms with Gasteiger partial charge in [-0.05, 0) is 12.1 Å². The van der Waals surface area contributed by atoms with Crippen LogP contribution in [0.2, 0.25) is 0 Å². The zero-order chi connectivity index (χ0) is 12.8. The third-order valence-electron chi connectivity index (χ3n) is 1.23. The Morgan fingerprint density at radius 2 is 1.69 bits per heavy atom. The third kappa shape index (κ3) is 7.39. The van der Waals surface area contributed by atoms with Crippen LogP contribution in [0.3, 0.4) is 0 Å². The summed E-state index contributed by atoms with van der Waals surface area (Å²) in [5, 5.41) is 16.7. The molecule has 1 aromatic rings. The number of diazo groups is 1. The Hall–Kier alpha value is -2.02. The first-order valence-electron chi connectivity index (χ1n) is 3.61. The van der Waals surface area contributed by atoms with Crippen molar-refractivity contribution in [2.75, 3.05) is 0 Å². The van der Waals surface area contributed by atoms with Crippen molar-refractivity contribution in [3.8, 4) is 0 Å². The molecular formula is C7H6N2O6S. The second-order valence-electron chi connectivity index (χ2n) is 2.38. The van der Waals surface area contributed by atoms with E-state index in [1.807, 2.05) is 0 Å². The summed E-state index contributed by atoms with van der Waals surface area (Å²) in [5.41, 5.74) is 0.521. The number of carbonyl (C=O) groups is 1. The van der Waals surface area contributed by atoms with Crippen molar-refractivity contribution in [3.05, 3.63) is 34.8 Å². The normalized spacial score (nSPS) is 9.56. The summed E-state index contributed by atoms with van der Waals surface area (Å²) in [4.78, 5) is 13.2. The number of carboxylic acids is 1. The molecule has 16 heavy (non-hydrogen) atoms. The van der Waals surface area contributed by atoms with Gasteiger partial charge in [-0.1, -0.05) is 0 Å². The predicted octanol–water partition coefficient (Wildman–Crippen LogP) is 0.874. The molecule has 0 bridgehead atoms. The van der Waals surface area contributed by atoms with Crippen molar-refractivity contribution >= 4 is 22.1 Å². The molecular weight excluding hydrogens is 240 g/mol. The first-order valence-corrected chi connectivity index (χ1v) is 4.97. The molecule has 0 fully saturated rings. The SMILES string of the molecule is N#[N+]c1ccc(C(=O)O)cc1.O=S(=O)([O-])O. The molecule has 8 nitrogen and oxygen atoms in total. The van der Waals surface area contributed by atoms with Gasteiger partial charge in [-0.3, -0.25) is 4.55 Å². The molecule has 0 aliphatic carbocycles. The topological polar surface area (TPSA) is 143 Å². The van der Waals surface area contributed by atoms with Crippen LogP contribution in [0.25, 0.3) is 4.98 Å². The van der Waals surface area contributed by atoms with Crippen LogP contribution in [-0.4, -0.2) is 28.6 Å². The number of carboxylic acid groups (broad SMARTS) is 1. The molecule has 0 saturated carbocycles. The average Bonchev–Trinajstić information content (AvgIpc) is 2.15. The minimum Gasteiger partial charge on any atom is -0.726 e. The molecule has 0 unspecified atom stereocenters. The Morgan fingerprint density at radius 3 is 1.94 bits per heavy atom. The zero-order valence-corrected chi connectivity index (χ0v) is 8.46. The lowest BCUT2D eigenvalue weighted by Gasteiger charge is -1.88. The van der Waals surface area contributed by atoms with Crippen LogP contribution in [0.4, 0.5) is 5.69 Å². The van der Waals surface area contributed by atoms with Crippen LogP contribution >= 0.6 is 0 Å². The maximum absolute atomic E-state index is 10.3. The van der Waals surface area contributed by atoms with Crippen molar-refractivity contribution in [1.82, 2.24) is 0 Å². The number of aromatic carboxylic acids is 1. The lowest BCUT2D eigenvalue weighted by atomic mass is 10.2. The van der Waals surface area contributed by atoms with Crippen LogP contribution in [0.15, 0.2) is 24.3 Å². The van der Waals surface area contributed by atoms with E-state index in [2.05, 4.69) is 4.98 Å². The van der Waals surface area contributed by atoms with Crippen LogP contribution in [0, 0.1) is 5.39 Å². The summed E-state index contributed by atoms with van der Waals surface area (Å²) in [6.07, 6.45) is 0. The summed E-state index contributed by atoms with van der Waals surface area (Å²) >= 11 is 0. The van der Waals surface area contributed by atoms with Gasteiger partial charge in [-0.15, -0.1) is 0 Å². The number of nitrogens with zero attached hydrogens (tertiary/aromatic N) is 2. The molecule has 0 amide bonds. The quantitative estimate of drug-likeness (QED) is 0.425. The number of hydrogen-bond donors (Lipinski definition) is 2. The van der Waals surface area contributed by atoms with Crippen LogP contribution in [0.5, 0.6) is 0 Å². The molecule has 0 spiro atoms. The van der Waals surface area contributed by atoms with Crippen molar-refractivity contribution in [2.24, 2.45) is 0 Å². The van der Waals surface area contributed by atoms with Gasteiger partial charge in [-0.25, -0.2) is 13.2 Å². The molecule has 1 rings (SSSR count). The van der Waals surface area contributed by atoms with Gasteiger partial charge in [0.15, 0.2) is 4.98 Å². The molecule has 0 heterocycles. The standard InChI is InChI=1S/C7H4N2O2.H2O4S/c8-9-6-3-1-5(2-4-6)7(10)11;1-5(2,3)4/h1-4H;(H2,1,2,3,4). The zero-order valence-electron chi connectivity index (χ0n) is 7.64.